The van der Waals surface area contributed by atoms with E-state index in [0.29, 0.717) is 53.7 Å². The number of nitriles is 1. The lowest BCUT2D eigenvalue weighted by molar-refractivity contribution is 0.102. The summed E-state index contributed by atoms with van der Waals surface area (Å²) in [5, 5.41) is 21.0. The smallest absolute Gasteiger partial charge is 0.286 e. The van der Waals surface area contributed by atoms with Crippen molar-refractivity contribution in [2.24, 2.45) is 0 Å². The van der Waals surface area contributed by atoms with Gasteiger partial charge in [0.25, 0.3) is 5.91 Å². The highest BCUT2D eigenvalue weighted by Gasteiger charge is 2.32. The SMILES string of the molecule is N#Cc1cccc(S(=O)(=O)N2CCC(c3nnc(C(=O)Nc4ccc5c(c4)OCO5)s3)CC2)c1. The topological polar surface area (TPSA) is 135 Å². The first-order chi connectivity index (χ1) is 16.4. The molecule has 0 aliphatic carbocycles. The van der Waals surface area contributed by atoms with E-state index < -0.39 is 10.0 Å². The van der Waals surface area contributed by atoms with Crippen LogP contribution in [0.3, 0.4) is 0 Å². The third kappa shape index (κ3) is 4.33. The molecule has 1 saturated heterocycles. The first-order valence-corrected chi connectivity index (χ1v) is 12.7. The summed E-state index contributed by atoms with van der Waals surface area (Å²) >= 11 is 1.21. The van der Waals surface area contributed by atoms with Crippen molar-refractivity contribution in [2.45, 2.75) is 23.7 Å². The Bertz CT molecular complexity index is 1390. The van der Waals surface area contributed by atoms with Crippen LogP contribution in [0.4, 0.5) is 5.69 Å². The summed E-state index contributed by atoms with van der Waals surface area (Å²) in [6, 6.07) is 13.1. The van der Waals surface area contributed by atoms with Crippen LogP contribution >= 0.6 is 11.3 Å². The van der Waals surface area contributed by atoms with Crippen LogP contribution in [-0.2, 0) is 10.0 Å². The van der Waals surface area contributed by atoms with Gasteiger partial charge in [0.05, 0.1) is 16.5 Å². The highest BCUT2D eigenvalue weighted by Crippen LogP contribution is 2.35. The van der Waals surface area contributed by atoms with Gasteiger partial charge in [-0.3, -0.25) is 4.79 Å². The third-order valence-corrected chi connectivity index (χ3v) is 8.65. The number of hydrogen-bond donors (Lipinski definition) is 1. The van der Waals surface area contributed by atoms with Crippen molar-refractivity contribution in [2.75, 3.05) is 25.2 Å². The molecule has 34 heavy (non-hydrogen) atoms. The van der Waals surface area contributed by atoms with Crippen LogP contribution in [0.2, 0.25) is 0 Å². The number of carbonyl (C=O) groups is 1. The van der Waals surface area contributed by atoms with E-state index in [4.69, 9.17) is 14.7 Å². The van der Waals surface area contributed by atoms with Gasteiger partial charge in [0.2, 0.25) is 21.8 Å². The molecule has 0 unspecified atom stereocenters. The number of piperidine rings is 1. The Balaban J connectivity index is 1.22. The molecular formula is C22H19N5O5S2. The van der Waals surface area contributed by atoms with Gasteiger partial charge in [-0.25, -0.2) is 8.42 Å². The molecule has 0 radical (unpaired) electrons. The molecule has 0 saturated carbocycles. The number of anilines is 1. The van der Waals surface area contributed by atoms with Crippen molar-refractivity contribution in [1.82, 2.24) is 14.5 Å². The van der Waals surface area contributed by atoms with Crippen molar-refractivity contribution in [1.29, 1.82) is 5.26 Å². The molecule has 12 heteroatoms. The molecule has 5 rings (SSSR count). The summed E-state index contributed by atoms with van der Waals surface area (Å²) < 4.78 is 37.9. The molecule has 1 amide bonds. The van der Waals surface area contributed by atoms with Gasteiger partial charge in [0.1, 0.15) is 5.01 Å². The Morgan fingerprint density at radius 3 is 2.71 bits per heavy atom. The number of hydrogen-bond acceptors (Lipinski definition) is 9. The first-order valence-electron chi connectivity index (χ1n) is 10.5. The predicted molar refractivity (Wildman–Crippen MR) is 122 cm³/mol. The van der Waals surface area contributed by atoms with E-state index in [1.54, 1.807) is 30.3 Å². The van der Waals surface area contributed by atoms with Crippen LogP contribution in [0, 0.1) is 11.3 Å². The Hall–Kier alpha value is -3.53. The number of rotatable bonds is 5. The summed E-state index contributed by atoms with van der Waals surface area (Å²) in [7, 11) is -3.68. The normalized spacial score (nSPS) is 16.2. The monoisotopic (exact) mass is 497 g/mol. The number of ether oxygens (including phenoxy) is 2. The second-order valence-electron chi connectivity index (χ2n) is 7.79. The quantitative estimate of drug-likeness (QED) is 0.569. The zero-order chi connectivity index (χ0) is 23.7. The van der Waals surface area contributed by atoms with Crippen molar-refractivity contribution in [3.63, 3.8) is 0 Å². The minimum Gasteiger partial charge on any atom is -0.454 e. The number of carbonyl (C=O) groups excluding carboxylic acids is 1. The molecule has 2 aromatic carbocycles. The summed E-state index contributed by atoms with van der Waals surface area (Å²) in [4.78, 5) is 12.7. The fourth-order valence-electron chi connectivity index (χ4n) is 3.87. The highest BCUT2D eigenvalue weighted by molar-refractivity contribution is 7.89. The van der Waals surface area contributed by atoms with Gasteiger partial charge in [-0.05, 0) is 43.2 Å². The number of nitrogens with zero attached hydrogens (tertiary/aromatic N) is 4. The van der Waals surface area contributed by atoms with Crippen LogP contribution < -0.4 is 14.8 Å². The van der Waals surface area contributed by atoms with Gasteiger partial charge >= 0.3 is 0 Å². The van der Waals surface area contributed by atoms with E-state index in [-0.39, 0.29) is 28.5 Å². The maximum absolute atomic E-state index is 13.0. The Kier molecular flexibility index (Phi) is 5.91. The van der Waals surface area contributed by atoms with Crippen molar-refractivity contribution in [3.05, 3.63) is 58.0 Å². The number of fused-ring (bicyclic) bond motifs is 1. The van der Waals surface area contributed by atoms with Gasteiger partial charge in [0.15, 0.2) is 11.5 Å². The Morgan fingerprint density at radius 1 is 1.12 bits per heavy atom. The number of amides is 1. The molecule has 1 fully saturated rings. The number of nitrogens with one attached hydrogen (secondary N) is 1. The molecule has 174 valence electrons. The number of aromatic nitrogens is 2. The molecule has 0 atom stereocenters. The van der Waals surface area contributed by atoms with Crippen LogP contribution in [0.15, 0.2) is 47.4 Å². The summed E-state index contributed by atoms with van der Waals surface area (Å²) in [6.07, 6.45) is 1.13. The highest BCUT2D eigenvalue weighted by atomic mass is 32.2. The molecule has 10 nitrogen and oxygen atoms in total. The van der Waals surface area contributed by atoms with Crippen LogP contribution in [0.1, 0.15) is 39.1 Å². The zero-order valence-corrected chi connectivity index (χ0v) is 19.4. The molecule has 0 bridgehead atoms. The fraction of sp³-hybridized carbons (Fsp3) is 0.273. The molecule has 3 aromatic rings. The second kappa shape index (κ2) is 9.02. The van der Waals surface area contributed by atoms with Gasteiger partial charge < -0.3 is 14.8 Å². The van der Waals surface area contributed by atoms with Crippen LogP contribution in [0.25, 0.3) is 0 Å². The van der Waals surface area contributed by atoms with E-state index in [9.17, 15) is 13.2 Å². The van der Waals surface area contributed by atoms with E-state index in [0.717, 1.165) is 0 Å². The second-order valence-corrected chi connectivity index (χ2v) is 10.7. The summed E-state index contributed by atoms with van der Waals surface area (Å²) in [6.45, 7) is 0.795. The van der Waals surface area contributed by atoms with E-state index >= 15 is 0 Å². The van der Waals surface area contributed by atoms with Gasteiger partial charge in [-0.1, -0.05) is 17.4 Å². The predicted octanol–water partition coefficient (Wildman–Crippen LogP) is 2.96. The average molecular weight is 498 g/mol. The van der Waals surface area contributed by atoms with E-state index in [1.807, 2.05) is 6.07 Å². The lowest BCUT2D eigenvalue weighted by Gasteiger charge is -2.30. The molecule has 1 N–H and O–H groups in total. The van der Waals surface area contributed by atoms with E-state index in [1.165, 1.54) is 27.8 Å². The van der Waals surface area contributed by atoms with Gasteiger partial charge in [-0.15, -0.1) is 10.2 Å². The summed E-state index contributed by atoms with van der Waals surface area (Å²) in [5.41, 5.74) is 0.862. The van der Waals surface area contributed by atoms with Crippen LogP contribution in [0.5, 0.6) is 11.5 Å². The minimum absolute atomic E-state index is 0.0153. The van der Waals surface area contributed by atoms with E-state index in [2.05, 4.69) is 15.5 Å². The zero-order valence-electron chi connectivity index (χ0n) is 17.8. The van der Waals surface area contributed by atoms with Crippen molar-refractivity contribution >= 4 is 33.0 Å². The van der Waals surface area contributed by atoms with Crippen molar-refractivity contribution in [3.8, 4) is 17.6 Å². The molecule has 3 heterocycles. The molecular weight excluding hydrogens is 478 g/mol. The maximum Gasteiger partial charge on any atom is 0.286 e. The minimum atomic E-state index is -3.68. The average Bonchev–Trinajstić information content (AvgIpc) is 3.54. The van der Waals surface area contributed by atoms with Gasteiger partial charge in [-0.2, -0.15) is 9.57 Å². The third-order valence-electron chi connectivity index (χ3n) is 5.67. The fourth-order valence-corrected chi connectivity index (χ4v) is 6.29. The molecule has 1 aromatic heterocycles. The molecule has 2 aliphatic rings. The number of benzene rings is 2. The Labute approximate surface area is 199 Å². The number of sulfonamides is 1. The lowest BCUT2D eigenvalue weighted by Crippen LogP contribution is -2.37. The maximum atomic E-state index is 13.0. The van der Waals surface area contributed by atoms with Crippen molar-refractivity contribution < 1.29 is 22.7 Å². The molecule has 2 aliphatic heterocycles. The first kappa shape index (κ1) is 22.3. The van der Waals surface area contributed by atoms with Crippen LogP contribution in [-0.4, -0.2) is 48.7 Å². The standard InChI is InChI=1S/C22H19N5O5S2/c23-12-14-2-1-3-17(10-14)34(29,30)27-8-6-15(7-9-27)21-25-26-22(33-21)20(28)24-16-4-5-18-19(11-16)32-13-31-18/h1-5,10-11,15H,6-9,13H2,(H,24,28). The molecule has 0 spiro atoms. The Morgan fingerprint density at radius 2 is 1.91 bits per heavy atom. The van der Waals surface area contributed by atoms with Gasteiger partial charge in [0, 0.05) is 30.8 Å². The summed E-state index contributed by atoms with van der Waals surface area (Å²) in [5.74, 6) is 0.834. The lowest BCUT2D eigenvalue weighted by atomic mass is 9.99. The largest absolute Gasteiger partial charge is 0.454 e.